The van der Waals surface area contributed by atoms with E-state index in [0.717, 1.165) is 25.9 Å². The number of rotatable bonds is 5. The zero-order valence-corrected chi connectivity index (χ0v) is 12.7. The van der Waals surface area contributed by atoms with Gasteiger partial charge in [0.2, 0.25) is 5.95 Å². The third-order valence-electron chi connectivity index (χ3n) is 3.89. The van der Waals surface area contributed by atoms with E-state index >= 15 is 0 Å². The van der Waals surface area contributed by atoms with Crippen LogP contribution < -0.4 is 4.90 Å². The van der Waals surface area contributed by atoms with Crippen LogP contribution in [-0.4, -0.2) is 34.1 Å². The number of benzene rings is 1. The molecule has 23 heavy (non-hydrogen) atoms. The molecule has 0 N–H and O–H groups in total. The summed E-state index contributed by atoms with van der Waals surface area (Å²) in [4.78, 5) is 20.3. The quantitative estimate of drug-likeness (QED) is 0.623. The molecule has 3 rings (SSSR count). The van der Waals surface area contributed by atoms with Crippen LogP contribution in [0.4, 0.5) is 11.6 Å². The molecule has 1 aliphatic heterocycles. The molecule has 0 spiro atoms. The highest BCUT2D eigenvalue weighted by Crippen LogP contribution is 2.20. The Morgan fingerprint density at radius 2 is 1.83 bits per heavy atom. The molecule has 1 aromatic heterocycles. The Kier molecular flexibility index (Phi) is 4.77. The van der Waals surface area contributed by atoms with Gasteiger partial charge >= 0.3 is 5.69 Å². The zero-order valence-electron chi connectivity index (χ0n) is 12.7. The summed E-state index contributed by atoms with van der Waals surface area (Å²) in [6, 6.07) is 10.1. The zero-order chi connectivity index (χ0) is 16.1. The van der Waals surface area contributed by atoms with Crippen molar-refractivity contribution in [1.82, 2.24) is 9.97 Å². The van der Waals surface area contributed by atoms with E-state index in [-0.39, 0.29) is 11.8 Å². The first kappa shape index (κ1) is 15.4. The molecular formula is C16H18N4O3. The second kappa shape index (κ2) is 7.15. The highest BCUT2D eigenvalue weighted by Gasteiger charge is 2.22. The molecule has 0 saturated carbocycles. The number of hydrogen-bond donors (Lipinski definition) is 0. The van der Waals surface area contributed by atoms with E-state index in [1.165, 1.54) is 18.0 Å². The van der Waals surface area contributed by atoms with Crippen LogP contribution in [0.5, 0.6) is 0 Å². The molecule has 0 bridgehead atoms. The highest BCUT2D eigenvalue weighted by molar-refractivity contribution is 5.34. The largest absolute Gasteiger partial charge is 0.373 e. The molecular weight excluding hydrogens is 296 g/mol. The predicted molar refractivity (Wildman–Crippen MR) is 85.2 cm³/mol. The fourth-order valence-electron chi connectivity index (χ4n) is 2.58. The topological polar surface area (TPSA) is 81.4 Å². The lowest BCUT2D eigenvalue weighted by Crippen LogP contribution is -2.37. The van der Waals surface area contributed by atoms with Crippen molar-refractivity contribution in [2.45, 2.75) is 25.6 Å². The molecule has 2 heterocycles. The van der Waals surface area contributed by atoms with Crippen molar-refractivity contribution in [3.63, 3.8) is 0 Å². The van der Waals surface area contributed by atoms with Gasteiger partial charge in [-0.2, -0.15) is 0 Å². The van der Waals surface area contributed by atoms with Crippen LogP contribution >= 0.6 is 0 Å². The lowest BCUT2D eigenvalue weighted by molar-refractivity contribution is -0.385. The fraction of sp³-hybridized carbons (Fsp3) is 0.375. The summed E-state index contributed by atoms with van der Waals surface area (Å²) in [6.07, 6.45) is 4.52. The average Bonchev–Trinajstić information content (AvgIpc) is 2.61. The van der Waals surface area contributed by atoms with Gasteiger partial charge < -0.3 is 9.64 Å². The molecule has 7 heteroatoms. The summed E-state index contributed by atoms with van der Waals surface area (Å²) in [5.41, 5.74) is 1.09. The lowest BCUT2D eigenvalue weighted by atomic mass is 10.1. The van der Waals surface area contributed by atoms with Crippen LogP contribution in [-0.2, 0) is 11.3 Å². The maximum atomic E-state index is 10.6. The Hall–Kier alpha value is -2.54. The van der Waals surface area contributed by atoms with Crippen LogP contribution in [0.1, 0.15) is 18.4 Å². The number of anilines is 1. The van der Waals surface area contributed by atoms with E-state index in [9.17, 15) is 10.1 Å². The van der Waals surface area contributed by atoms with E-state index in [0.29, 0.717) is 12.6 Å². The van der Waals surface area contributed by atoms with Crippen LogP contribution in [0.25, 0.3) is 0 Å². The molecule has 1 fully saturated rings. The van der Waals surface area contributed by atoms with E-state index in [4.69, 9.17) is 4.74 Å². The minimum Gasteiger partial charge on any atom is -0.373 e. The first-order chi connectivity index (χ1) is 11.2. The standard InChI is InChI=1S/C16H18N4O3/c21-20(22)14-10-17-16(18-11-14)19-8-6-15(7-9-19)23-12-13-4-2-1-3-5-13/h1-5,10-11,15H,6-9,12H2. The Labute approximate surface area is 134 Å². The summed E-state index contributed by atoms with van der Waals surface area (Å²) < 4.78 is 5.95. The van der Waals surface area contributed by atoms with Crippen LogP contribution in [0.2, 0.25) is 0 Å². The van der Waals surface area contributed by atoms with Gasteiger partial charge in [0, 0.05) is 13.1 Å². The molecule has 1 saturated heterocycles. The number of hydrogen-bond acceptors (Lipinski definition) is 6. The number of piperidine rings is 1. The van der Waals surface area contributed by atoms with E-state index < -0.39 is 4.92 Å². The molecule has 0 amide bonds. The van der Waals surface area contributed by atoms with E-state index in [2.05, 4.69) is 22.1 Å². The van der Waals surface area contributed by atoms with E-state index in [1.54, 1.807) is 0 Å². The van der Waals surface area contributed by atoms with Crippen molar-refractivity contribution in [3.8, 4) is 0 Å². The van der Waals surface area contributed by atoms with Crippen molar-refractivity contribution in [2.24, 2.45) is 0 Å². The van der Waals surface area contributed by atoms with Crippen LogP contribution in [0, 0.1) is 10.1 Å². The van der Waals surface area contributed by atoms with Crippen LogP contribution in [0.3, 0.4) is 0 Å². The predicted octanol–water partition coefficient (Wildman–Crippen LogP) is 2.57. The van der Waals surface area contributed by atoms with Gasteiger partial charge in [0.05, 0.1) is 17.6 Å². The van der Waals surface area contributed by atoms with Gasteiger partial charge in [-0.1, -0.05) is 30.3 Å². The van der Waals surface area contributed by atoms with Crippen molar-refractivity contribution >= 4 is 11.6 Å². The van der Waals surface area contributed by atoms with Crippen molar-refractivity contribution in [2.75, 3.05) is 18.0 Å². The number of ether oxygens (including phenoxy) is 1. The maximum absolute atomic E-state index is 10.6. The van der Waals surface area contributed by atoms with Gasteiger partial charge in [-0.15, -0.1) is 0 Å². The summed E-state index contributed by atoms with van der Waals surface area (Å²) >= 11 is 0. The van der Waals surface area contributed by atoms with Gasteiger partial charge in [-0.05, 0) is 18.4 Å². The van der Waals surface area contributed by atoms with Gasteiger partial charge in [-0.3, -0.25) is 10.1 Å². The Bertz CT molecular complexity index is 640. The molecule has 0 radical (unpaired) electrons. The maximum Gasteiger partial charge on any atom is 0.305 e. The van der Waals surface area contributed by atoms with E-state index in [1.807, 2.05) is 23.1 Å². The second-order valence-electron chi connectivity index (χ2n) is 5.48. The number of nitrogens with zero attached hydrogens (tertiary/aromatic N) is 4. The molecule has 120 valence electrons. The molecule has 0 atom stereocenters. The summed E-state index contributed by atoms with van der Waals surface area (Å²) in [7, 11) is 0. The molecule has 1 aliphatic rings. The number of nitro groups is 1. The van der Waals surface area contributed by atoms with Crippen LogP contribution in [0.15, 0.2) is 42.7 Å². The normalized spacial score (nSPS) is 15.6. The number of aromatic nitrogens is 2. The van der Waals surface area contributed by atoms with Crippen molar-refractivity contribution < 1.29 is 9.66 Å². The van der Waals surface area contributed by atoms with Gasteiger partial charge in [0.1, 0.15) is 12.4 Å². The highest BCUT2D eigenvalue weighted by atomic mass is 16.6. The minimum absolute atomic E-state index is 0.0881. The third kappa shape index (κ3) is 4.01. The van der Waals surface area contributed by atoms with Gasteiger partial charge in [-0.25, -0.2) is 9.97 Å². The molecule has 0 unspecified atom stereocenters. The molecule has 0 aliphatic carbocycles. The first-order valence-corrected chi connectivity index (χ1v) is 7.59. The first-order valence-electron chi connectivity index (χ1n) is 7.59. The SMILES string of the molecule is O=[N+]([O-])c1cnc(N2CCC(OCc3ccccc3)CC2)nc1. The van der Waals surface area contributed by atoms with Crippen molar-refractivity contribution in [3.05, 3.63) is 58.4 Å². The lowest BCUT2D eigenvalue weighted by Gasteiger charge is -2.31. The third-order valence-corrected chi connectivity index (χ3v) is 3.89. The second-order valence-corrected chi connectivity index (χ2v) is 5.48. The smallest absolute Gasteiger partial charge is 0.305 e. The van der Waals surface area contributed by atoms with Crippen molar-refractivity contribution in [1.29, 1.82) is 0 Å². The monoisotopic (exact) mass is 314 g/mol. The molecule has 7 nitrogen and oxygen atoms in total. The summed E-state index contributed by atoms with van der Waals surface area (Å²) in [5, 5.41) is 10.6. The Morgan fingerprint density at radius 3 is 2.43 bits per heavy atom. The Morgan fingerprint density at radius 1 is 1.17 bits per heavy atom. The Balaban J connectivity index is 1.49. The molecule has 1 aromatic carbocycles. The fourth-order valence-corrected chi connectivity index (χ4v) is 2.58. The minimum atomic E-state index is -0.493. The summed E-state index contributed by atoms with van der Waals surface area (Å²) in [5.74, 6) is 0.539. The molecule has 2 aromatic rings. The average molecular weight is 314 g/mol. The summed E-state index contributed by atoms with van der Waals surface area (Å²) in [6.45, 7) is 2.20. The van der Waals surface area contributed by atoms with Gasteiger partial charge in [0.15, 0.2) is 0 Å². The van der Waals surface area contributed by atoms with Gasteiger partial charge in [0.25, 0.3) is 0 Å².